The van der Waals surface area contributed by atoms with Crippen molar-refractivity contribution in [1.29, 1.82) is 0 Å². The van der Waals surface area contributed by atoms with Crippen LogP contribution in [0.25, 0.3) is 0 Å². The van der Waals surface area contributed by atoms with Gasteiger partial charge in [-0.05, 0) is 39.8 Å². The Kier molecular flexibility index (Phi) is 5.70. The number of quaternary nitrogens is 1. The summed E-state index contributed by atoms with van der Waals surface area (Å²) < 4.78 is 34.7. The van der Waals surface area contributed by atoms with Gasteiger partial charge in [0.1, 0.15) is 0 Å². The van der Waals surface area contributed by atoms with Gasteiger partial charge in [0.2, 0.25) is 0 Å². The van der Waals surface area contributed by atoms with Crippen molar-refractivity contribution >= 4 is 17.5 Å². The van der Waals surface area contributed by atoms with Crippen LogP contribution in [-0.4, -0.2) is 43.3 Å². The molecule has 144 valence electrons. The quantitative estimate of drug-likeness (QED) is 0.689. The molecule has 1 atom stereocenters. The Morgan fingerprint density at radius 2 is 1.73 bits per heavy atom. The Morgan fingerprint density at radius 1 is 1.12 bits per heavy atom. The zero-order valence-corrected chi connectivity index (χ0v) is 15.2. The maximum Gasteiger partial charge on any atom is 0.586 e. The maximum atomic E-state index is 13.0. The highest BCUT2D eigenvalue weighted by Gasteiger charge is 2.43. The van der Waals surface area contributed by atoms with Crippen LogP contribution in [0, 0.1) is 0 Å². The number of alkyl halides is 2. The third-order valence-corrected chi connectivity index (χ3v) is 3.52. The van der Waals surface area contributed by atoms with E-state index in [1.807, 2.05) is 27.7 Å². The van der Waals surface area contributed by atoms with E-state index in [1.54, 1.807) is 0 Å². The van der Waals surface area contributed by atoms with Crippen LogP contribution >= 0.6 is 0 Å². The average molecular weight is 372 g/mol. The van der Waals surface area contributed by atoms with Crippen molar-refractivity contribution in [2.24, 2.45) is 0 Å². The van der Waals surface area contributed by atoms with Crippen molar-refractivity contribution in [3.05, 3.63) is 18.2 Å². The van der Waals surface area contributed by atoms with E-state index in [2.05, 4.69) is 20.1 Å². The lowest BCUT2D eigenvalue weighted by atomic mass is 10.1. The molecule has 7 nitrogen and oxygen atoms in total. The van der Waals surface area contributed by atoms with Crippen molar-refractivity contribution in [3.63, 3.8) is 0 Å². The number of fused-ring (bicyclic) bond motifs is 1. The summed E-state index contributed by atoms with van der Waals surface area (Å²) in [6, 6.07) is 4.01. The third kappa shape index (κ3) is 5.83. The second-order valence-corrected chi connectivity index (χ2v) is 7.13. The molecule has 26 heavy (non-hydrogen) atoms. The number of rotatable bonds is 6. The Hall–Kier alpha value is -2.42. The first-order valence-electron chi connectivity index (χ1n) is 8.32. The van der Waals surface area contributed by atoms with Gasteiger partial charge in [-0.1, -0.05) is 0 Å². The first-order valence-corrected chi connectivity index (χ1v) is 8.32. The van der Waals surface area contributed by atoms with Crippen LogP contribution in [-0.2, 0) is 9.59 Å². The highest BCUT2D eigenvalue weighted by atomic mass is 19.3. The Labute approximate surface area is 150 Å². The van der Waals surface area contributed by atoms with Gasteiger partial charge in [0, 0.05) is 17.3 Å². The zero-order chi connectivity index (χ0) is 19.5. The van der Waals surface area contributed by atoms with E-state index in [9.17, 15) is 18.4 Å². The smallest absolute Gasteiger partial charge is 0.395 e. The number of amides is 2. The van der Waals surface area contributed by atoms with Gasteiger partial charge >= 0.3 is 6.29 Å². The molecular weight excluding hydrogens is 348 g/mol. The van der Waals surface area contributed by atoms with Gasteiger partial charge in [0.15, 0.2) is 24.6 Å². The predicted octanol–water partition coefficient (Wildman–Crippen LogP) is 0.766. The summed E-state index contributed by atoms with van der Waals surface area (Å²) in [4.78, 5) is 25.0. The molecule has 1 unspecified atom stereocenters. The molecule has 0 bridgehead atoms. The molecule has 0 aromatic heterocycles. The van der Waals surface area contributed by atoms with Crippen LogP contribution in [0.5, 0.6) is 11.5 Å². The number of halogens is 2. The molecule has 1 heterocycles. The molecule has 1 aliphatic rings. The summed E-state index contributed by atoms with van der Waals surface area (Å²) in [5.74, 6) is -0.715. The molecule has 0 saturated heterocycles. The summed E-state index contributed by atoms with van der Waals surface area (Å²) in [5.41, 5.74) is -0.0307. The third-order valence-electron chi connectivity index (χ3n) is 3.52. The standard InChI is InChI=1S/C17H23F2N3O4/c1-5-22(10-15(24)21-16(2,3)4)9-14(23)20-11-6-7-12-13(8-11)26-17(18,19)25-12/h6-8H,5,9-10H2,1-4H3,(H,20,23)(H,21,24)/p+1. The van der Waals surface area contributed by atoms with Crippen molar-refractivity contribution in [3.8, 4) is 11.5 Å². The van der Waals surface area contributed by atoms with Crippen molar-refractivity contribution < 1.29 is 32.7 Å². The monoisotopic (exact) mass is 372 g/mol. The summed E-state index contributed by atoms with van der Waals surface area (Å²) in [5, 5.41) is 5.46. The van der Waals surface area contributed by atoms with Crippen LogP contribution in [0.1, 0.15) is 27.7 Å². The number of benzene rings is 1. The molecule has 0 fully saturated rings. The number of hydrogen-bond donors (Lipinski definition) is 3. The fraction of sp³-hybridized carbons (Fsp3) is 0.529. The molecule has 9 heteroatoms. The largest absolute Gasteiger partial charge is 0.586 e. The Bertz CT molecular complexity index is 689. The van der Waals surface area contributed by atoms with Gasteiger partial charge in [0.25, 0.3) is 11.8 Å². The van der Waals surface area contributed by atoms with Crippen molar-refractivity contribution in [2.45, 2.75) is 39.5 Å². The molecule has 0 radical (unpaired) electrons. The second-order valence-electron chi connectivity index (χ2n) is 7.13. The number of nitrogens with one attached hydrogen (secondary N) is 3. The van der Waals surface area contributed by atoms with E-state index < -0.39 is 6.29 Å². The molecular formula is C17H24F2N3O4+. The molecule has 3 N–H and O–H groups in total. The summed E-state index contributed by atoms with van der Waals surface area (Å²) in [6.07, 6.45) is -3.70. The van der Waals surface area contributed by atoms with Crippen LogP contribution in [0.4, 0.5) is 14.5 Å². The number of hydrogen-bond acceptors (Lipinski definition) is 4. The molecule has 0 saturated carbocycles. The molecule has 2 amide bonds. The lowest BCUT2D eigenvalue weighted by Crippen LogP contribution is -3.14. The van der Waals surface area contributed by atoms with E-state index in [0.29, 0.717) is 12.2 Å². The highest BCUT2D eigenvalue weighted by molar-refractivity contribution is 5.92. The fourth-order valence-corrected chi connectivity index (χ4v) is 2.46. The van der Waals surface area contributed by atoms with Crippen LogP contribution in [0.15, 0.2) is 18.2 Å². The number of likely N-dealkylation sites (N-methyl/N-ethyl adjacent to an activating group) is 1. The topological polar surface area (TPSA) is 81.1 Å². The first kappa shape index (κ1) is 19.9. The lowest BCUT2D eigenvalue weighted by molar-refractivity contribution is -0.881. The van der Waals surface area contributed by atoms with Crippen LogP contribution in [0.3, 0.4) is 0 Å². The minimum atomic E-state index is -3.70. The van der Waals surface area contributed by atoms with Crippen molar-refractivity contribution in [2.75, 3.05) is 25.0 Å². The highest BCUT2D eigenvalue weighted by Crippen LogP contribution is 2.42. The van der Waals surface area contributed by atoms with Gasteiger partial charge in [-0.15, -0.1) is 8.78 Å². The van der Waals surface area contributed by atoms with Gasteiger partial charge in [0.05, 0.1) is 6.54 Å². The Balaban J connectivity index is 1.90. The van der Waals surface area contributed by atoms with Gasteiger partial charge < -0.3 is 25.0 Å². The van der Waals surface area contributed by atoms with E-state index in [0.717, 1.165) is 4.90 Å². The average Bonchev–Trinajstić information content (AvgIpc) is 2.77. The number of anilines is 1. The van der Waals surface area contributed by atoms with Crippen molar-refractivity contribution in [1.82, 2.24) is 5.32 Å². The van der Waals surface area contributed by atoms with Gasteiger partial charge in [-0.3, -0.25) is 9.59 Å². The molecule has 1 aromatic rings. The van der Waals surface area contributed by atoms with Gasteiger partial charge in [-0.25, -0.2) is 0 Å². The number of carbonyl (C=O) groups excluding carboxylic acids is 2. The molecule has 0 aliphatic carbocycles. The number of carbonyl (C=O) groups is 2. The van der Waals surface area contributed by atoms with Crippen LogP contribution in [0.2, 0.25) is 0 Å². The summed E-state index contributed by atoms with van der Waals surface area (Å²) in [7, 11) is 0. The summed E-state index contributed by atoms with van der Waals surface area (Å²) in [6.45, 7) is 8.33. The normalized spacial score (nSPS) is 16.1. The predicted molar refractivity (Wildman–Crippen MR) is 90.4 cm³/mol. The Morgan fingerprint density at radius 3 is 2.35 bits per heavy atom. The SMILES string of the molecule is CC[NH+](CC(=O)Nc1ccc2c(c1)OC(F)(F)O2)CC(=O)NC(C)(C)C. The number of ether oxygens (including phenoxy) is 2. The molecule has 1 aliphatic heterocycles. The zero-order valence-electron chi connectivity index (χ0n) is 15.2. The molecule has 2 rings (SSSR count). The lowest BCUT2D eigenvalue weighted by Gasteiger charge is -2.23. The van der Waals surface area contributed by atoms with Crippen LogP contribution < -0.4 is 25.0 Å². The van der Waals surface area contributed by atoms with E-state index in [-0.39, 0.29) is 41.9 Å². The molecule has 1 aromatic carbocycles. The second kappa shape index (κ2) is 7.45. The summed E-state index contributed by atoms with van der Waals surface area (Å²) >= 11 is 0. The minimum Gasteiger partial charge on any atom is -0.395 e. The van der Waals surface area contributed by atoms with E-state index in [4.69, 9.17) is 0 Å². The first-order chi connectivity index (χ1) is 12.0. The maximum absolute atomic E-state index is 13.0. The van der Waals surface area contributed by atoms with E-state index in [1.165, 1.54) is 18.2 Å². The van der Waals surface area contributed by atoms with Gasteiger partial charge in [-0.2, -0.15) is 0 Å². The molecule has 0 spiro atoms. The fourth-order valence-electron chi connectivity index (χ4n) is 2.46. The van der Waals surface area contributed by atoms with E-state index >= 15 is 0 Å². The minimum absolute atomic E-state index is 0.0681.